The molecular weight excluding hydrogens is 378 g/mol. The molecule has 1 aliphatic rings. The van der Waals surface area contributed by atoms with Crippen LogP contribution in [0.2, 0.25) is 0 Å². The number of carboxylic acid groups (broad SMARTS) is 1. The summed E-state index contributed by atoms with van der Waals surface area (Å²) >= 11 is 0. The van der Waals surface area contributed by atoms with Gasteiger partial charge in [-0.25, -0.2) is 4.79 Å². The van der Waals surface area contributed by atoms with Crippen LogP contribution in [0.1, 0.15) is 36.9 Å². The molecule has 0 saturated carbocycles. The summed E-state index contributed by atoms with van der Waals surface area (Å²) in [5, 5.41) is 12.6. The summed E-state index contributed by atoms with van der Waals surface area (Å²) in [5.74, 6) is -1.04. The molecule has 2 aromatic carbocycles. The van der Waals surface area contributed by atoms with Gasteiger partial charge in [-0.15, -0.1) is 12.4 Å². The van der Waals surface area contributed by atoms with Crippen LogP contribution in [0.5, 0.6) is 0 Å². The lowest BCUT2D eigenvalue weighted by Gasteiger charge is -2.38. The number of halogens is 1. The highest BCUT2D eigenvalue weighted by Crippen LogP contribution is 2.39. The van der Waals surface area contributed by atoms with Crippen molar-refractivity contribution in [3.63, 3.8) is 0 Å². The number of nitrogens with two attached hydrogens (primary N) is 1. The van der Waals surface area contributed by atoms with E-state index in [9.17, 15) is 14.7 Å². The van der Waals surface area contributed by atoms with E-state index in [1.54, 1.807) is 4.90 Å². The molecule has 2 aromatic rings. The first-order valence-electron chi connectivity index (χ1n) is 9.18. The standard InChI is InChI=1S/C21H25N3O3.ClH/c1-14(25)24(16-10-8-15(9-11-16)5-4-12-22)20-13-19(21(26)27)23-18-7-3-2-6-17(18)20;/h2-3,6-11,19-20,23H,4-5,12-13,22H2,1H3,(H,26,27);1H/t19-,20+;/m0./s1. The first kappa shape index (κ1) is 21.7. The Bertz CT molecular complexity index is 826. The topological polar surface area (TPSA) is 95.7 Å². The van der Waals surface area contributed by atoms with Gasteiger partial charge in [0.15, 0.2) is 0 Å². The van der Waals surface area contributed by atoms with E-state index in [0.29, 0.717) is 13.0 Å². The van der Waals surface area contributed by atoms with E-state index in [0.717, 1.165) is 29.8 Å². The second kappa shape index (κ2) is 9.57. The third kappa shape index (κ3) is 4.64. The Kier molecular flexibility index (Phi) is 7.43. The van der Waals surface area contributed by atoms with E-state index < -0.39 is 12.0 Å². The quantitative estimate of drug-likeness (QED) is 0.687. The molecule has 0 fully saturated rings. The first-order chi connectivity index (χ1) is 13.0. The molecule has 7 heteroatoms. The number of fused-ring (bicyclic) bond motifs is 1. The number of nitrogens with zero attached hydrogens (tertiary/aromatic N) is 1. The Morgan fingerprint density at radius 2 is 1.86 bits per heavy atom. The maximum Gasteiger partial charge on any atom is 0.326 e. The average molecular weight is 404 g/mol. The van der Waals surface area contributed by atoms with Gasteiger partial charge in [0.1, 0.15) is 6.04 Å². The highest BCUT2D eigenvalue weighted by atomic mass is 35.5. The number of rotatable bonds is 6. The highest BCUT2D eigenvalue weighted by Gasteiger charge is 2.35. The number of nitrogens with one attached hydrogen (secondary N) is 1. The number of carbonyl (C=O) groups is 2. The van der Waals surface area contributed by atoms with Crippen LogP contribution in [0.15, 0.2) is 48.5 Å². The van der Waals surface area contributed by atoms with Gasteiger partial charge in [0, 0.05) is 24.7 Å². The van der Waals surface area contributed by atoms with Crippen molar-refractivity contribution in [3.05, 3.63) is 59.7 Å². The van der Waals surface area contributed by atoms with Crippen molar-refractivity contribution in [1.29, 1.82) is 0 Å². The summed E-state index contributed by atoms with van der Waals surface area (Å²) in [6.07, 6.45) is 2.12. The number of amides is 1. The van der Waals surface area contributed by atoms with Gasteiger partial charge in [-0.2, -0.15) is 0 Å². The van der Waals surface area contributed by atoms with Crippen molar-refractivity contribution in [2.24, 2.45) is 5.73 Å². The monoisotopic (exact) mass is 403 g/mol. The molecule has 28 heavy (non-hydrogen) atoms. The lowest BCUT2D eigenvalue weighted by molar-refractivity contribution is -0.138. The molecule has 3 rings (SSSR count). The summed E-state index contributed by atoms with van der Waals surface area (Å²) in [4.78, 5) is 25.8. The van der Waals surface area contributed by atoms with Crippen LogP contribution in [0.25, 0.3) is 0 Å². The van der Waals surface area contributed by atoms with Gasteiger partial charge >= 0.3 is 5.97 Å². The van der Waals surface area contributed by atoms with Gasteiger partial charge in [-0.3, -0.25) is 4.79 Å². The van der Waals surface area contributed by atoms with Crippen molar-refractivity contribution in [3.8, 4) is 0 Å². The van der Waals surface area contributed by atoms with Crippen molar-refractivity contribution < 1.29 is 14.7 Å². The Hall–Kier alpha value is -2.57. The van der Waals surface area contributed by atoms with Crippen molar-refractivity contribution in [2.45, 2.75) is 38.3 Å². The van der Waals surface area contributed by atoms with Gasteiger partial charge in [-0.05, 0) is 48.7 Å². The first-order valence-corrected chi connectivity index (χ1v) is 9.18. The molecule has 1 amide bonds. The van der Waals surface area contributed by atoms with Crippen molar-refractivity contribution >= 4 is 35.7 Å². The van der Waals surface area contributed by atoms with Gasteiger partial charge in [0.05, 0.1) is 6.04 Å². The Balaban J connectivity index is 0.00000280. The molecule has 0 unspecified atom stereocenters. The molecule has 1 heterocycles. The van der Waals surface area contributed by atoms with Crippen molar-refractivity contribution in [1.82, 2.24) is 0 Å². The minimum absolute atomic E-state index is 0. The van der Waals surface area contributed by atoms with Crippen LogP contribution in [0.4, 0.5) is 11.4 Å². The third-order valence-corrected chi connectivity index (χ3v) is 4.94. The lowest BCUT2D eigenvalue weighted by atomic mass is 9.91. The molecule has 2 atom stereocenters. The number of benzene rings is 2. The fraction of sp³-hybridized carbons (Fsp3) is 0.333. The molecule has 150 valence electrons. The Morgan fingerprint density at radius 3 is 2.46 bits per heavy atom. The lowest BCUT2D eigenvalue weighted by Crippen LogP contribution is -2.43. The third-order valence-electron chi connectivity index (χ3n) is 4.94. The molecule has 0 aliphatic carbocycles. The van der Waals surface area contributed by atoms with Gasteiger partial charge in [0.2, 0.25) is 5.91 Å². The SMILES string of the molecule is CC(=O)N(c1ccc(CCCN)cc1)[C@@H]1C[C@@H](C(=O)O)Nc2ccccc21.Cl. The van der Waals surface area contributed by atoms with E-state index in [2.05, 4.69) is 5.32 Å². The van der Waals surface area contributed by atoms with E-state index in [-0.39, 0.29) is 24.4 Å². The van der Waals surface area contributed by atoms with E-state index in [4.69, 9.17) is 5.73 Å². The second-order valence-electron chi connectivity index (χ2n) is 6.82. The zero-order valence-electron chi connectivity index (χ0n) is 15.8. The Labute approximate surface area is 171 Å². The zero-order chi connectivity index (χ0) is 19.4. The van der Waals surface area contributed by atoms with E-state index >= 15 is 0 Å². The second-order valence-corrected chi connectivity index (χ2v) is 6.82. The average Bonchev–Trinajstić information content (AvgIpc) is 2.67. The zero-order valence-corrected chi connectivity index (χ0v) is 16.6. The minimum atomic E-state index is -0.921. The molecular formula is C21H26ClN3O3. The van der Waals surface area contributed by atoms with Crippen LogP contribution < -0.4 is 16.0 Å². The molecule has 1 aliphatic heterocycles. The van der Waals surface area contributed by atoms with Crippen LogP contribution in [-0.2, 0) is 16.0 Å². The maximum atomic E-state index is 12.5. The number of hydrogen-bond donors (Lipinski definition) is 3. The number of hydrogen-bond acceptors (Lipinski definition) is 4. The normalized spacial score (nSPS) is 17.6. The molecule has 4 N–H and O–H groups in total. The summed E-state index contributed by atoms with van der Waals surface area (Å²) in [7, 11) is 0. The predicted octanol–water partition coefficient (Wildman–Crippen LogP) is 3.36. The molecule has 0 saturated heterocycles. The van der Waals surface area contributed by atoms with Crippen molar-refractivity contribution in [2.75, 3.05) is 16.8 Å². The van der Waals surface area contributed by atoms with Crippen LogP contribution in [0.3, 0.4) is 0 Å². The molecule has 0 radical (unpaired) electrons. The van der Waals surface area contributed by atoms with Crippen LogP contribution >= 0.6 is 12.4 Å². The number of carbonyl (C=O) groups excluding carboxylic acids is 1. The smallest absolute Gasteiger partial charge is 0.326 e. The number of aryl methyl sites for hydroxylation is 1. The summed E-state index contributed by atoms with van der Waals surface area (Å²) < 4.78 is 0. The fourth-order valence-electron chi connectivity index (χ4n) is 3.63. The van der Waals surface area contributed by atoms with E-state index in [1.165, 1.54) is 12.5 Å². The molecule has 0 bridgehead atoms. The predicted molar refractivity (Wildman–Crippen MR) is 113 cm³/mol. The fourth-order valence-corrected chi connectivity index (χ4v) is 3.63. The summed E-state index contributed by atoms with van der Waals surface area (Å²) in [6.45, 7) is 2.16. The molecule has 6 nitrogen and oxygen atoms in total. The van der Waals surface area contributed by atoms with Crippen LogP contribution in [0, 0.1) is 0 Å². The van der Waals surface area contributed by atoms with E-state index in [1.807, 2.05) is 48.5 Å². The Morgan fingerprint density at radius 1 is 1.18 bits per heavy atom. The maximum absolute atomic E-state index is 12.5. The number of carboxylic acids is 1. The largest absolute Gasteiger partial charge is 0.480 e. The summed E-state index contributed by atoms with van der Waals surface area (Å²) in [5.41, 5.74) is 9.19. The summed E-state index contributed by atoms with van der Waals surface area (Å²) in [6, 6.07) is 14.3. The number of para-hydroxylation sites is 1. The van der Waals surface area contributed by atoms with Gasteiger partial charge in [-0.1, -0.05) is 30.3 Å². The number of anilines is 2. The van der Waals surface area contributed by atoms with Crippen LogP contribution in [-0.4, -0.2) is 29.6 Å². The van der Waals surface area contributed by atoms with Gasteiger partial charge in [0.25, 0.3) is 0 Å². The number of aliphatic carboxylic acids is 1. The van der Waals surface area contributed by atoms with Gasteiger partial charge < -0.3 is 21.1 Å². The molecule has 0 spiro atoms. The minimum Gasteiger partial charge on any atom is -0.480 e. The highest BCUT2D eigenvalue weighted by molar-refractivity contribution is 5.93. The molecule has 0 aromatic heterocycles.